The molecule has 222 valence electrons. The van der Waals surface area contributed by atoms with Crippen LogP contribution in [0.15, 0.2) is 97.1 Å². The maximum atomic E-state index is 13.5. The Balaban J connectivity index is 1.51. The summed E-state index contributed by atoms with van der Waals surface area (Å²) in [5.41, 5.74) is 2.03. The fourth-order valence-corrected chi connectivity index (χ4v) is 5.12. The molecule has 0 radical (unpaired) electrons. The Morgan fingerprint density at radius 2 is 1.79 bits per heavy atom. The number of aromatic nitrogens is 2. The third kappa shape index (κ3) is 6.72. The van der Waals surface area contributed by atoms with Crippen molar-refractivity contribution in [1.82, 2.24) is 14.5 Å². The zero-order valence-corrected chi connectivity index (χ0v) is 24.3. The van der Waals surface area contributed by atoms with Crippen molar-refractivity contribution in [3.63, 3.8) is 0 Å². The Morgan fingerprint density at radius 3 is 2.53 bits per heavy atom. The number of amides is 1. The Labute approximate surface area is 251 Å². The molecule has 5 rings (SSSR count). The number of methoxy groups -OCH3 is 1. The van der Waals surface area contributed by atoms with E-state index in [2.05, 4.69) is 4.98 Å². The van der Waals surface area contributed by atoms with Gasteiger partial charge in [-0.1, -0.05) is 55.5 Å². The number of aliphatic hydroxyl groups excluding tert-OH is 1. The number of nitrogens with zero attached hydrogens (tertiary/aromatic N) is 3. The summed E-state index contributed by atoms with van der Waals surface area (Å²) in [7, 11) is 1.54. The highest BCUT2D eigenvalue weighted by molar-refractivity contribution is 6.46. The number of likely N-dealkylation sites (tertiary alicyclic amines) is 1. The van der Waals surface area contributed by atoms with Crippen molar-refractivity contribution in [3.8, 4) is 17.2 Å². The fraction of sp³-hybridized carbons (Fsp3) is 0.265. The number of ketones is 1. The van der Waals surface area contributed by atoms with Gasteiger partial charge >= 0.3 is 0 Å². The van der Waals surface area contributed by atoms with E-state index < -0.39 is 17.7 Å². The van der Waals surface area contributed by atoms with Crippen LogP contribution in [0.5, 0.6) is 17.2 Å². The number of aliphatic hydroxyl groups is 1. The van der Waals surface area contributed by atoms with Crippen molar-refractivity contribution in [2.24, 2.45) is 0 Å². The van der Waals surface area contributed by atoms with E-state index in [4.69, 9.17) is 14.2 Å². The van der Waals surface area contributed by atoms with E-state index >= 15 is 0 Å². The van der Waals surface area contributed by atoms with E-state index in [-0.39, 0.29) is 11.3 Å². The molecule has 1 N–H and O–H groups in total. The van der Waals surface area contributed by atoms with E-state index in [1.54, 1.807) is 62.1 Å². The molecule has 1 aliphatic rings. The summed E-state index contributed by atoms with van der Waals surface area (Å²) in [6.07, 6.45) is 6.65. The molecule has 1 unspecified atom stereocenters. The van der Waals surface area contributed by atoms with Gasteiger partial charge in [-0.05, 0) is 48.2 Å². The molecule has 1 atom stereocenters. The van der Waals surface area contributed by atoms with Crippen LogP contribution in [0.1, 0.15) is 42.5 Å². The molecule has 1 aliphatic heterocycles. The molecule has 9 heteroatoms. The molecule has 1 aromatic heterocycles. The quantitative estimate of drug-likeness (QED) is 0.121. The van der Waals surface area contributed by atoms with Crippen molar-refractivity contribution in [3.05, 3.63) is 114 Å². The van der Waals surface area contributed by atoms with E-state index in [0.717, 1.165) is 12.0 Å². The number of hydrogen-bond donors (Lipinski definition) is 1. The minimum atomic E-state index is -0.833. The second kappa shape index (κ2) is 13.7. The van der Waals surface area contributed by atoms with E-state index in [0.29, 0.717) is 61.1 Å². The molecule has 3 aromatic carbocycles. The summed E-state index contributed by atoms with van der Waals surface area (Å²) in [5, 5.41) is 11.5. The van der Waals surface area contributed by atoms with E-state index in [1.807, 2.05) is 48.0 Å². The van der Waals surface area contributed by atoms with Crippen LogP contribution in [0.2, 0.25) is 0 Å². The Morgan fingerprint density at radius 1 is 0.953 bits per heavy atom. The number of benzene rings is 3. The number of hydrogen-bond acceptors (Lipinski definition) is 7. The molecule has 0 spiro atoms. The maximum Gasteiger partial charge on any atom is 0.295 e. The van der Waals surface area contributed by atoms with Crippen molar-refractivity contribution in [2.75, 3.05) is 20.3 Å². The number of carbonyl (C=O) groups is 2. The van der Waals surface area contributed by atoms with Crippen molar-refractivity contribution in [2.45, 2.75) is 39.0 Å². The monoisotopic (exact) mass is 581 g/mol. The average Bonchev–Trinajstić information content (AvgIpc) is 3.65. The Hall–Kier alpha value is -5.05. The summed E-state index contributed by atoms with van der Waals surface area (Å²) in [6.45, 7) is 3.77. The van der Waals surface area contributed by atoms with Gasteiger partial charge in [-0.25, -0.2) is 4.98 Å². The van der Waals surface area contributed by atoms with Crippen LogP contribution in [0, 0.1) is 0 Å². The molecule has 1 amide bonds. The van der Waals surface area contributed by atoms with Crippen LogP contribution in [0.3, 0.4) is 0 Å². The zero-order valence-electron chi connectivity index (χ0n) is 24.3. The number of Topliss-reactive ketones (excluding diaryl/α,β-unsaturated/α-hetero) is 1. The smallest absolute Gasteiger partial charge is 0.295 e. The van der Waals surface area contributed by atoms with Crippen LogP contribution >= 0.6 is 0 Å². The summed E-state index contributed by atoms with van der Waals surface area (Å²) >= 11 is 0. The predicted octanol–water partition coefficient (Wildman–Crippen LogP) is 5.77. The molecular weight excluding hydrogens is 546 g/mol. The number of ether oxygens (including phenoxy) is 3. The molecule has 1 saturated heterocycles. The van der Waals surface area contributed by atoms with Crippen LogP contribution in [-0.4, -0.2) is 51.5 Å². The molecule has 9 nitrogen and oxygen atoms in total. The SMILES string of the molecule is CCCOc1cccc(/C(O)=C2\C(=O)C(=O)N(CCCn3ccnc3)C2c2ccc(OCc3ccccc3)c(OC)c2)c1. The van der Waals surface area contributed by atoms with Gasteiger partial charge in [0.1, 0.15) is 18.1 Å². The first-order chi connectivity index (χ1) is 21.0. The van der Waals surface area contributed by atoms with Crippen molar-refractivity contribution < 1.29 is 28.9 Å². The number of aryl methyl sites for hydroxylation is 1. The topological polar surface area (TPSA) is 103 Å². The van der Waals surface area contributed by atoms with Crippen LogP contribution in [0.4, 0.5) is 0 Å². The summed E-state index contributed by atoms with van der Waals surface area (Å²) in [6, 6.07) is 21.2. The normalized spacial score (nSPS) is 16.0. The lowest BCUT2D eigenvalue weighted by Gasteiger charge is -2.26. The lowest BCUT2D eigenvalue weighted by Crippen LogP contribution is -2.31. The molecule has 4 aromatic rings. The second-order valence-electron chi connectivity index (χ2n) is 10.2. The third-order valence-electron chi connectivity index (χ3n) is 7.24. The van der Waals surface area contributed by atoms with Gasteiger partial charge in [0.05, 0.1) is 31.7 Å². The first kappa shape index (κ1) is 29.4. The molecule has 0 saturated carbocycles. The number of rotatable bonds is 13. The Kier molecular flexibility index (Phi) is 9.41. The molecule has 0 aliphatic carbocycles. The lowest BCUT2D eigenvalue weighted by atomic mass is 9.95. The standard InChI is InChI=1S/C34H35N3O6/c1-3-19-42-27-12-7-11-26(20-27)32(38)30-31(37(34(40)33(30)39)17-8-16-36-18-15-35-23-36)25-13-14-28(29(21-25)41-2)43-22-24-9-5-4-6-10-24/h4-7,9-15,18,20-21,23,31,38H,3,8,16-17,19,22H2,1-2H3/b32-30+. The molecule has 1 fully saturated rings. The van der Waals surface area contributed by atoms with Gasteiger partial charge in [-0.15, -0.1) is 0 Å². The average molecular weight is 582 g/mol. The van der Waals surface area contributed by atoms with Gasteiger partial charge in [0.15, 0.2) is 11.5 Å². The Bertz CT molecular complexity index is 1580. The van der Waals surface area contributed by atoms with Gasteiger partial charge in [0.25, 0.3) is 11.7 Å². The van der Waals surface area contributed by atoms with Gasteiger partial charge in [0, 0.05) is 31.0 Å². The zero-order chi connectivity index (χ0) is 30.2. The highest BCUT2D eigenvalue weighted by atomic mass is 16.5. The number of imidazole rings is 1. The van der Waals surface area contributed by atoms with Gasteiger partial charge in [-0.2, -0.15) is 0 Å². The molecule has 43 heavy (non-hydrogen) atoms. The van der Waals surface area contributed by atoms with Gasteiger partial charge < -0.3 is 28.8 Å². The first-order valence-corrected chi connectivity index (χ1v) is 14.3. The van der Waals surface area contributed by atoms with E-state index in [1.165, 1.54) is 4.90 Å². The maximum absolute atomic E-state index is 13.5. The number of carbonyl (C=O) groups excluding carboxylic acids is 2. The van der Waals surface area contributed by atoms with Crippen molar-refractivity contribution >= 4 is 17.4 Å². The van der Waals surface area contributed by atoms with Crippen LogP contribution < -0.4 is 14.2 Å². The summed E-state index contributed by atoms with van der Waals surface area (Å²) < 4.78 is 19.4. The van der Waals surface area contributed by atoms with Gasteiger partial charge in [0.2, 0.25) is 0 Å². The largest absolute Gasteiger partial charge is 0.507 e. The van der Waals surface area contributed by atoms with Crippen LogP contribution in [-0.2, 0) is 22.7 Å². The first-order valence-electron chi connectivity index (χ1n) is 14.3. The minimum absolute atomic E-state index is 0.0141. The predicted molar refractivity (Wildman–Crippen MR) is 162 cm³/mol. The minimum Gasteiger partial charge on any atom is -0.507 e. The molecule has 0 bridgehead atoms. The van der Waals surface area contributed by atoms with E-state index in [9.17, 15) is 14.7 Å². The van der Waals surface area contributed by atoms with Crippen molar-refractivity contribution in [1.29, 1.82) is 0 Å². The van der Waals surface area contributed by atoms with Gasteiger partial charge in [-0.3, -0.25) is 9.59 Å². The second-order valence-corrected chi connectivity index (χ2v) is 10.2. The third-order valence-corrected chi connectivity index (χ3v) is 7.24. The molecule has 2 heterocycles. The highest BCUT2D eigenvalue weighted by Crippen LogP contribution is 2.42. The van der Waals surface area contributed by atoms with Crippen LogP contribution in [0.25, 0.3) is 5.76 Å². The fourth-order valence-electron chi connectivity index (χ4n) is 5.12. The summed E-state index contributed by atoms with van der Waals surface area (Å²) in [4.78, 5) is 32.6. The lowest BCUT2D eigenvalue weighted by molar-refractivity contribution is -0.139. The highest BCUT2D eigenvalue weighted by Gasteiger charge is 2.46. The molecular formula is C34H35N3O6. The summed E-state index contributed by atoms with van der Waals surface area (Å²) in [5.74, 6) is -0.128.